The van der Waals surface area contributed by atoms with E-state index in [2.05, 4.69) is 13.8 Å². The topological polar surface area (TPSA) is 98.8 Å². The molecule has 1 N–H and O–H groups in total. The van der Waals surface area contributed by atoms with Crippen LogP contribution in [0, 0.1) is 0 Å². The first-order valence-corrected chi connectivity index (χ1v) is 20.4. The Morgan fingerprint density at radius 1 is 0.553 bits per heavy atom. The second-order valence-corrected chi connectivity index (χ2v) is 14.8. The van der Waals surface area contributed by atoms with Crippen LogP contribution in [0.2, 0.25) is 0 Å². The number of nitrogens with one attached hydrogen (secondary N) is 1. The zero-order valence-electron chi connectivity index (χ0n) is 29.8. The molecule has 0 aromatic carbocycles. The van der Waals surface area contributed by atoms with Gasteiger partial charge in [-0.3, -0.25) is 9.59 Å². The minimum absolute atomic E-state index is 0.0627. The molecule has 0 aliphatic rings. The summed E-state index contributed by atoms with van der Waals surface area (Å²) in [5.74, 6) is -1.21. The van der Waals surface area contributed by atoms with Crippen molar-refractivity contribution in [3.63, 3.8) is 0 Å². The molecule has 280 valence electrons. The van der Waals surface area contributed by atoms with Gasteiger partial charge >= 0.3 is 27.5 Å². The van der Waals surface area contributed by atoms with Gasteiger partial charge in [0.2, 0.25) is 0 Å². The summed E-state index contributed by atoms with van der Waals surface area (Å²) in [6, 6.07) is 0. The Kier molecular flexibility index (Phi) is 29.8. The third kappa shape index (κ3) is 29.3. The quantitative estimate of drug-likeness (QED) is 0.0530. The van der Waals surface area contributed by atoms with Crippen LogP contribution in [-0.4, -0.2) is 45.1 Å². The smallest absolute Gasteiger partial charge is 0.462 e. The molecule has 47 heavy (non-hydrogen) atoms. The second kappa shape index (κ2) is 30.7. The minimum atomic E-state index is -5.63. The molecule has 0 aromatic rings. The zero-order chi connectivity index (χ0) is 35.1. The standard InChI is InChI=1S/C36H68F3NO6S/c1-3-5-7-9-11-13-15-17-19-21-23-25-27-29-34(41)45-32-33(31-40-47(43,44)36(37,38)39)46-35(42)30-28-26-24-22-20-18-16-14-12-10-8-6-4-2/h33,40H,3-32H2,1-2H3/t33-/m0/s1. The molecule has 0 aliphatic carbocycles. The first-order valence-electron chi connectivity index (χ1n) is 18.9. The summed E-state index contributed by atoms with van der Waals surface area (Å²) in [5.41, 5.74) is -5.50. The van der Waals surface area contributed by atoms with E-state index in [0.29, 0.717) is 12.8 Å². The van der Waals surface area contributed by atoms with Crippen LogP contribution in [0.15, 0.2) is 0 Å². The maximum absolute atomic E-state index is 12.8. The summed E-state index contributed by atoms with van der Waals surface area (Å²) >= 11 is 0. The van der Waals surface area contributed by atoms with E-state index in [1.54, 1.807) is 0 Å². The van der Waals surface area contributed by atoms with E-state index in [0.717, 1.165) is 44.9 Å². The molecule has 0 saturated heterocycles. The highest BCUT2D eigenvalue weighted by Crippen LogP contribution is 2.22. The normalized spacial score (nSPS) is 12.7. The zero-order valence-corrected chi connectivity index (χ0v) is 30.6. The fourth-order valence-electron chi connectivity index (χ4n) is 5.50. The van der Waals surface area contributed by atoms with Crippen LogP contribution >= 0.6 is 0 Å². The predicted octanol–water partition coefficient (Wildman–Crippen LogP) is 10.8. The molecule has 0 bridgehead atoms. The first-order chi connectivity index (χ1) is 22.5. The molecular formula is C36H68F3NO6S. The number of halogens is 3. The highest BCUT2D eigenvalue weighted by Gasteiger charge is 2.46. The van der Waals surface area contributed by atoms with Gasteiger partial charge in [0, 0.05) is 12.8 Å². The predicted molar refractivity (Wildman–Crippen MR) is 184 cm³/mol. The molecule has 1 atom stereocenters. The van der Waals surface area contributed by atoms with Crippen molar-refractivity contribution in [3.05, 3.63) is 0 Å². The summed E-state index contributed by atoms with van der Waals surface area (Å²) < 4.78 is 73.1. The van der Waals surface area contributed by atoms with Crippen LogP contribution in [0.5, 0.6) is 0 Å². The SMILES string of the molecule is CCCCCCCCCCCCCCCC(=O)OC[C@H](CNS(=O)(=O)C(F)(F)F)OC(=O)CCCCCCCCCCCCCCC. The van der Waals surface area contributed by atoms with E-state index in [1.807, 2.05) is 0 Å². The van der Waals surface area contributed by atoms with Crippen molar-refractivity contribution >= 4 is 22.0 Å². The molecule has 11 heteroatoms. The Balaban J connectivity index is 4.23. The van der Waals surface area contributed by atoms with Crippen molar-refractivity contribution in [2.45, 2.75) is 205 Å². The molecule has 0 radical (unpaired) electrons. The lowest BCUT2D eigenvalue weighted by Crippen LogP contribution is -2.43. The largest absolute Gasteiger partial charge is 0.511 e. The molecule has 0 aromatic heterocycles. The van der Waals surface area contributed by atoms with Gasteiger partial charge in [-0.2, -0.15) is 13.2 Å². The molecule has 0 unspecified atom stereocenters. The fraction of sp³-hybridized carbons (Fsp3) is 0.944. The lowest BCUT2D eigenvalue weighted by atomic mass is 10.0. The molecule has 7 nitrogen and oxygen atoms in total. The van der Waals surface area contributed by atoms with Crippen molar-refractivity contribution in [1.29, 1.82) is 0 Å². The number of unbranched alkanes of at least 4 members (excludes halogenated alkanes) is 24. The van der Waals surface area contributed by atoms with Gasteiger partial charge < -0.3 is 9.47 Å². The number of carbonyl (C=O) groups is 2. The fourth-order valence-corrected chi connectivity index (χ4v) is 6.07. The van der Waals surface area contributed by atoms with Gasteiger partial charge in [0.25, 0.3) is 0 Å². The van der Waals surface area contributed by atoms with E-state index < -0.39 is 46.7 Å². The molecule has 0 aliphatic heterocycles. The van der Waals surface area contributed by atoms with E-state index in [9.17, 15) is 31.2 Å². The van der Waals surface area contributed by atoms with E-state index in [-0.39, 0.29) is 12.8 Å². The van der Waals surface area contributed by atoms with E-state index >= 15 is 0 Å². The highest BCUT2D eigenvalue weighted by molar-refractivity contribution is 7.90. The molecule has 0 amide bonds. The Morgan fingerprint density at radius 2 is 0.872 bits per heavy atom. The number of hydrogen-bond donors (Lipinski definition) is 1. The third-order valence-electron chi connectivity index (χ3n) is 8.50. The van der Waals surface area contributed by atoms with Crippen molar-refractivity contribution in [2.75, 3.05) is 13.2 Å². The van der Waals surface area contributed by atoms with Crippen molar-refractivity contribution < 1.29 is 40.7 Å². The first kappa shape index (κ1) is 45.6. The van der Waals surface area contributed by atoms with Gasteiger partial charge in [-0.05, 0) is 12.8 Å². The average Bonchev–Trinajstić information content (AvgIpc) is 3.02. The van der Waals surface area contributed by atoms with Crippen LogP contribution in [0.3, 0.4) is 0 Å². The number of sulfonamides is 1. The van der Waals surface area contributed by atoms with Crippen molar-refractivity contribution in [2.24, 2.45) is 0 Å². The molecule has 0 saturated carbocycles. The number of carbonyl (C=O) groups excluding carboxylic acids is 2. The van der Waals surface area contributed by atoms with Gasteiger partial charge in [0.1, 0.15) is 12.7 Å². The van der Waals surface area contributed by atoms with Gasteiger partial charge in [-0.1, -0.05) is 168 Å². The monoisotopic (exact) mass is 699 g/mol. The Labute approximate surface area is 285 Å². The van der Waals surface area contributed by atoms with Gasteiger partial charge in [-0.25, -0.2) is 13.1 Å². The van der Waals surface area contributed by atoms with Gasteiger partial charge in [-0.15, -0.1) is 0 Å². The van der Waals surface area contributed by atoms with Gasteiger partial charge in [0.15, 0.2) is 0 Å². The van der Waals surface area contributed by atoms with E-state index in [1.165, 1.54) is 114 Å². The lowest BCUT2D eigenvalue weighted by molar-refractivity contribution is -0.158. The minimum Gasteiger partial charge on any atom is -0.462 e. The summed E-state index contributed by atoms with van der Waals surface area (Å²) in [4.78, 5) is 24.6. The van der Waals surface area contributed by atoms with Crippen LogP contribution < -0.4 is 4.72 Å². The maximum atomic E-state index is 12.8. The van der Waals surface area contributed by atoms with Crippen LogP contribution in [-0.2, 0) is 29.1 Å². The number of hydrogen-bond acceptors (Lipinski definition) is 6. The Morgan fingerprint density at radius 3 is 1.21 bits per heavy atom. The average molecular weight is 700 g/mol. The third-order valence-corrected chi connectivity index (χ3v) is 9.66. The van der Waals surface area contributed by atoms with Crippen LogP contribution in [0.1, 0.15) is 194 Å². The molecule has 0 fully saturated rings. The van der Waals surface area contributed by atoms with Gasteiger partial charge in [0.05, 0.1) is 6.54 Å². The molecular weight excluding hydrogens is 631 g/mol. The Hall–Kier alpha value is -1.36. The van der Waals surface area contributed by atoms with Crippen molar-refractivity contribution in [1.82, 2.24) is 4.72 Å². The highest BCUT2D eigenvalue weighted by atomic mass is 32.2. The number of rotatable bonds is 34. The van der Waals surface area contributed by atoms with Crippen LogP contribution in [0.4, 0.5) is 13.2 Å². The van der Waals surface area contributed by atoms with Crippen molar-refractivity contribution in [3.8, 4) is 0 Å². The second-order valence-electron chi connectivity index (χ2n) is 13.1. The van der Waals surface area contributed by atoms with Crippen LogP contribution in [0.25, 0.3) is 0 Å². The summed E-state index contributed by atoms with van der Waals surface area (Å²) in [7, 11) is -5.63. The molecule has 0 rings (SSSR count). The summed E-state index contributed by atoms with van der Waals surface area (Å²) in [5, 5.41) is 0. The number of esters is 2. The summed E-state index contributed by atoms with van der Waals surface area (Å²) in [6.07, 6.45) is 28.9. The summed E-state index contributed by atoms with van der Waals surface area (Å²) in [6.45, 7) is 3.09. The van der Waals surface area contributed by atoms with E-state index in [4.69, 9.17) is 9.47 Å². The molecule has 0 spiro atoms. The molecule has 0 heterocycles. The number of alkyl halides is 3. The maximum Gasteiger partial charge on any atom is 0.511 e. The lowest BCUT2D eigenvalue weighted by Gasteiger charge is -2.19. The Bertz CT molecular complexity index is 854. The number of ether oxygens (including phenoxy) is 2.